The molecule has 14 heavy (non-hydrogen) atoms. The van der Waals surface area contributed by atoms with Gasteiger partial charge in [-0.3, -0.25) is 4.79 Å². The Morgan fingerprint density at radius 3 is 2.50 bits per heavy atom. The van der Waals surface area contributed by atoms with Crippen LogP contribution in [0.4, 0.5) is 13.2 Å². The standard InChI is InChI=1S/C8H13F3O3/c1-13-4-2-3-7(12)5-14-6-8(9,10)11/h2-6H2,1H3. The summed E-state index contributed by atoms with van der Waals surface area (Å²) >= 11 is 0. The number of ether oxygens (including phenoxy) is 2. The molecule has 0 unspecified atom stereocenters. The Bertz CT molecular complexity index is 168. The molecule has 6 heteroatoms. The van der Waals surface area contributed by atoms with Gasteiger partial charge in [0.1, 0.15) is 13.2 Å². The van der Waals surface area contributed by atoms with E-state index < -0.39 is 19.4 Å². The van der Waals surface area contributed by atoms with Crippen LogP contribution in [0.15, 0.2) is 0 Å². The third kappa shape index (κ3) is 9.47. The highest BCUT2D eigenvalue weighted by atomic mass is 19.4. The number of ketones is 1. The van der Waals surface area contributed by atoms with Crippen LogP contribution in [0.3, 0.4) is 0 Å². The van der Waals surface area contributed by atoms with Crippen LogP contribution in [0.5, 0.6) is 0 Å². The van der Waals surface area contributed by atoms with Gasteiger partial charge >= 0.3 is 6.18 Å². The van der Waals surface area contributed by atoms with Crippen molar-refractivity contribution in [1.29, 1.82) is 0 Å². The summed E-state index contributed by atoms with van der Waals surface area (Å²) in [5, 5.41) is 0. The van der Waals surface area contributed by atoms with Crippen molar-refractivity contribution < 1.29 is 27.4 Å². The zero-order valence-electron chi connectivity index (χ0n) is 7.89. The molecule has 0 saturated heterocycles. The molecular weight excluding hydrogens is 201 g/mol. The fourth-order valence-electron chi connectivity index (χ4n) is 0.766. The summed E-state index contributed by atoms with van der Waals surface area (Å²) in [6.45, 7) is -1.43. The first-order valence-corrected chi connectivity index (χ1v) is 4.11. The van der Waals surface area contributed by atoms with Crippen LogP contribution in [0.2, 0.25) is 0 Å². The van der Waals surface area contributed by atoms with Gasteiger partial charge in [0.25, 0.3) is 0 Å². The lowest BCUT2D eigenvalue weighted by molar-refractivity contribution is -0.175. The van der Waals surface area contributed by atoms with E-state index in [1.54, 1.807) is 0 Å². The van der Waals surface area contributed by atoms with Gasteiger partial charge in [-0.15, -0.1) is 0 Å². The number of carbonyl (C=O) groups is 1. The number of halogens is 3. The molecule has 0 bridgehead atoms. The van der Waals surface area contributed by atoms with Gasteiger partial charge in [-0.2, -0.15) is 13.2 Å². The van der Waals surface area contributed by atoms with Gasteiger partial charge in [0, 0.05) is 20.1 Å². The van der Waals surface area contributed by atoms with E-state index in [1.165, 1.54) is 7.11 Å². The molecule has 0 atom stereocenters. The maximum atomic E-state index is 11.6. The SMILES string of the molecule is COCCCC(=O)COCC(F)(F)F. The van der Waals surface area contributed by atoms with E-state index >= 15 is 0 Å². The summed E-state index contributed by atoms with van der Waals surface area (Å²) in [5.74, 6) is -0.341. The van der Waals surface area contributed by atoms with Crippen LogP contribution >= 0.6 is 0 Å². The van der Waals surface area contributed by atoms with E-state index in [1.807, 2.05) is 0 Å². The molecule has 0 saturated carbocycles. The molecule has 0 heterocycles. The molecule has 0 radical (unpaired) electrons. The van der Waals surface area contributed by atoms with Gasteiger partial charge in [-0.1, -0.05) is 0 Å². The molecular formula is C8H13F3O3. The Balaban J connectivity index is 3.36. The zero-order chi connectivity index (χ0) is 11.0. The predicted octanol–water partition coefficient (Wildman–Crippen LogP) is 1.56. The summed E-state index contributed by atoms with van der Waals surface area (Å²) < 4.78 is 43.5. The highest BCUT2D eigenvalue weighted by molar-refractivity contribution is 5.79. The second-order valence-electron chi connectivity index (χ2n) is 2.74. The molecule has 0 amide bonds. The Kier molecular flexibility index (Phi) is 6.48. The molecule has 3 nitrogen and oxygen atoms in total. The van der Waals surface area contributed by atoms with Gasteiger partial charge in [-0.25, -0.2) is 0 Å². The highest BCUT2D eigenvalue weighted by Crippen LogP contribution is 2.14. The van der Waals surface area contributed by atoms with Crippen LogP contribution in [0, 0.1) is 0 Å². The van der Waals surface area contributed by atoms with Crippen molar-refractivity contribution in [3.05, 3.63) is 0 Å². The van der Waals surface area contributed by atoms with Crippen molar-refractivity contribution in [3.63, 3.8) is 0 Å². The molecule has 0 aromatic rings. The van der Waals surface area contributed by atoms with Gasteiger partial charge in [0.2, 0.25) is 0 Å². The highest BCUT2D eigenvalue weighted by Gasteiger charge is 2.27. The largest absolute Gasteiger partial charge is 0.411 e. The van der Waals surface area contributed by atoms with Gasteiger partial charge < -0.3 is 9.47 Å². The van der Waals surface area contributed by atoms with Crippen LogP contribution < -0.4 is 0 Å². The predicted molar refractivity (Wildman–Crippen MR) is 43.0 cm³/mol. The van der Waals surface area contributed by atoms with Crippen molar-refractivity contribution in [2.24, 2.45) is 0 Å². The van der Waals surface area contributed by atoms with Crippen molar-refractivity contribution >= 4 is 5.78 Å². The summed E-state index contributed by atoms with van der Waals surface area (Å²) in [5.41, 5.74) is 0. The molecule has 0 spiro atoms. The molecule has 0 N–H and O–H groups in total. The normalized spacial score (nSPS) is 11.7. The summed E-state index contributed by atoms with van der Waals surface area (Å²) in [7, 11) is 1.49. The molecule has 0 rings (SSSR count). The number of carbonyl (C=O) groups excluding carboxylic acids is 1. The van der Waals surface area contributed by atoms with E-state index in [0.717, 1.165) is 0 Å². The third-order valence-electron chi connectivity index (χ3n) is 1.33. The number of Topliss-reactive ketones (excluding diaryl/α,β-unsaturated/α-hetero) is 1. The molecule has 0 aromatic heterocycles. The number of alkyl halides is 3. The first-order valence-electron chi connectivity index (χ1n) is 4.11. The van der Waals surface area contributed by atoms with Crippen LogP contribution in [-0.2, 0) is 14.3 Å². The maximum Gasteiger partial charge on any atom is 0.411 e. The lowest BCUT2D eigenvalue weighted by Crippen LogP contribution is -2.20. The van der Waals surface area contributed by atoms with E-state index in [2.05, 4.69) is 9.47 Å². The van der Waals surface area contributed by atoms with E-state index in [4.69, 9.17) is 0 Å². The fraction of sp³-hybridized carbons (Fsp3) is 0.875. The average molecular weight is 214 g/mol. The monoisotopic (exact) mass is 214 g/mol. The minimum Gasteiger partial charge on any atom is -0.385 e. The second kappa shape index (κ2) is 6.78. The Morgan fingerprint density at radius 2 is 2.00 bits per heavy atom. The minimum atomic E-state index is -4.37. The van der Waals surface area contributed by atoms with Crippen LogP contribution in [0.25, 0.3) is 0 Å². The summed E-state index contributed by atoms with van der Waals surface area (Å²) in [4.78, 5) is 10.9. The lowest BCUT2D eigenvalue weighted by atomic mass is 10.2. The quantitative estimate of drug-likeness (QED) is 0.603. The molecule has 0 aliphatic rings. The molecule has 84 valence electrons. The first-order chi connectivity index (χ1) is 6.45. The smallest absolute Gasteiger partial charge is 0.385 e. The number of rotatable bonds is 7. The van der Waals surface area contributed by atoms with Crippen LogP contribution in [-0.4, -0.2) is 38.9 Å². The number of hydrogen-bond acceptors (Lipinski definition) is 3. The Morgan fingerprint density at radius 1 is 1.36 bits per heavy atom. The van der Waals surface area contributed by atoms with E-state index in [9.17, 15) is 18.0 Å². The summed E-state index contributed by atoms with van der Waals surface area (Å²) in [6.07, 6.45) is -3.68. The molecule has 0 fully saturated rings. The Hall–Kier alpha value is -0.620. The minimum absolute atomic E-state index is 0.186. The van der Waals surface area contributed by atoms with E-state index in [0.29, 0.717) is 13.0 Å². The topological polar surface area (TPSA) is 35.5 Å². The average Bonchev–Trinajstić information content (AvgIpc) is 2.02. The maximum absolute atomic E-state index is 11.6. The molecule has 0 aromatic carbocycles. The van der Waals surface area contributed by atoms with Crippen molar-refractivity contribution in [3.8, 4) is 0 Å². The van der Waals surface area contributed by atoms with E-state index in [-0.39, 0.29) is 12.2 Å². The van der Waals surface area contributed by atoms with Gasteiger partial charge in [0.05, 0.1) is 0 Å². The van der Waals surface area contributed by atoms with Gasteiger partial charge in [0.15, 0.2) is 5.78 Å². The van der Waals surface area contributed by atoms with Crippen molar-refractivity contribution in [1.82, 2.24) is 0 Å². The molecule has 0 aliphatic carbocycles. The Labute approximate surface area is 80.2 Å². The fourth-order valence-corrected chi connectivity index (χ4v) is 0.766. The van der Waals surface area contributed by atoms with Crippen molar-refractivity contribution in [2.75, 3.05) is 26.9 Å². The number of hydrogen-bond donors (Lipinski definition) is 0. The third-order valence-corrected chi connectivity index (χ3v) is 1.33. The zero-order valence-corrected chi connectivity index (χ0v) is 7.89. The van der Waals surface area contributed by atoms with Gasteiger partial charge in [-0.05, 0) is 6.42 Å². The molecule has 0 aliphatic heterocycles. The second-order valence-corrected chi connectivity index (χ2v) is 2.74. The summed E-state index contributed by atoms with van der Waals surface area (Å²) in [6, 6.07) is 0. The number of methoxy groups -OCH3 is 1. The lowest BCUT2D eigenvalue weighted by Gasteiger charge is -2.06. The van der Waals surface area contributed by atoms with Crippen LogP contribution in [0.1, 0.15) is 12.8 Å². The van der Waals surface area contributed by atoms with Crippen molar-refractivity contribution in [2.45, 2.75) is 19.0 Å². The first kappa shape index (κ1) is 13.4.